The molecule has 0 fully saturated rings. The highest BCUT2D eigenvalue weighted by Crippen LogP contribution is 2.27. The van der Waals surface area contributed by atoms with E-state index in [2.05, 4.69) is 11.2 Å². The molecule has 68 valence electrons. The minimum absolute atomic E-state index is 0.00708. The van der Waals surface area contributed by atoms with Gasteiger partial charge in [-0.1, -0.05) is 20.8 Å². The number of nitriles is 1. The zero-order chi connectivity index (χ0) is 9.78. The number of nitrogens with one attached hydrogen (secondary N) is 1. The van der Waals surface area contributed by atoms with Gasteiger partial charge in [-0.15, -0.1) is 0 Å². The third kappa shape index (κ3) is 3.47. The average Bonchev–Trinajstić information content (AvgIpc) is 1.97. The van der Waals surface area contributed by atoms with E-state index in [0.717, 1.165) is 0 Å². The molecule has 0 aromatic rings. The highest BCUT2D eigenvalue weighted by Gasteiger charge is 2.25. The van der Waals surface area contributed by atoms with Crippen molar-refractivity contribution in [3.63, 3.8) is 0 Å². The molecule has 0 aromatic heterocycles. The topological polar surface area (TPSA) is 60.0 Å². The third-order valence-electron chi connectivity index (χ3n) is 1.95. The van der Waals surface area contributed by atoms with Crippen molar-refractivity contribution in [2.24, 2.45) is 16.4 Å². The van der Waals surface area contributed by atoms with Crippen LogP contribution in [-0.4, -0.2) is 6.04 Å². The second-order valence-corrected chi connectivity index (χ2v) is 4.28. The molecule has 0 amide bonds. The summed E-state index contributed by atoms with van der Waals surface area (Å²) >= 11 is 0. The Kier molecular flexibility index (Phi) is 3.88. The van der Waals surface area contributed by atoms with Crippen LogP contribution in [0.15, 0.2) is 5.11 Å². The van der Waals surface area contributed by atoms with Crippen LogP contribution in [0.2, 0.25) is 0 Å². The average molecular weight is 167 g/mol. The quantitative estimate of drug-likeness (QED) is 0.645. The van der Waals surface area contributed by atoms with Crippen molar-refractivity contribution in [2.45, 2.75) is 40.2 Å². The van der Waals surface area contributed by atoms with E-state index >= 15 is 0 Å². The van der Waals surface area contributed by atoms with Crippen molar-refractivity contribution >= 4 is 0 Å². The molecule has 12 heavy (non-hydrogen) atoms. The van der Waals surface area contributed by atoms with Crippen LogP contribution in [0.25, 0.3) is 0 Å². The minimum Gasteiger partial charge on any atom is -0.210 e. The molecule has 0 heterocycles. The molecule has 0 saturated carbocycles. The summed E-state index contributed by atoms with van der Waals surface area (Å²) in [6.45, 7) is 7.99. The number of nitrogens with zero attached hydrogens (tertiary/aromatic N) is 2. The van der Waals surface area contributed by atoms with Crippen molar-refractivity contribution < 1.29 is 0 Å². The van der Waals surface area contributed by atoms with Gasteiger partial charge in [-0.2, -0.15) is 10.4 Å². The van der Waals surface area contributed by atoms with Crippen LogP contribution < -0.4 is 0 Å². The van der Waals surface area contributed by atoms with Crippen molar-refractivity contribution in [3.05, 3.63) is 0 Å². The smallest absolute Gasteiger partial charge is 0.0766 e. The fourth-order valence-corrected chi connectivity index (χ4v) is 0.988. The molecule has 0 aliphatic heterocycles. The Bertz CT molecular complexity index is 185. The Labute approximate surface area is 74.3 Å². The molecule has 2 atom stereocenters. The standard InChI is InChI=1S/C9H17N3/c1-7(6-10)5-8(12-11)9(2,3)4/h7-8,11H,5H2,1-4H3. The van der Waals surface area contributed by atoms with Gasteiger partial charge in [0, 0.05) is 5.92 Å². The molecular formula is C9H17N3. The zero-order valence-electron chi connectivity index (χ0n) is 8.26. The van der Waals surface area contributed by atoms with Crippen LogP contribution in [0.4, 0.5) is 0 Å². The van der Waals surface area contributed by atoms with Gasteiger partial charge in [-0.3, -0.25) is 0 Å². The number of hydrogen-bond acceptors (Lipinski definition) is 3. The second-order valence-electron chi connectivity index (χ2n) is 4.28. The lowest BCUT2D eigenvalue weighted by atomic mass is 9.82. The van der Waals surface area contributed by atoms with Gasteiger partial charge in [0.2, 0.25) is 0 Å². The fourth-order valence-electron chi connectivity index (χ4n) is 0.988. The molecule has 0 aromatic carbocycles. The third-order valence-corrected chi connectivity index (χ3v) is 1.95. The van der Waals surface area contributed by atoms with Gasteiger partial charge in [0.25, 0.3) is 0 Å². The van der Waals surface area contributed by atoms with Crippen molar-refractivity contribution in [2.75, 3.05) is 0 Å². The van der Waals surface area contributed by atoms with E-state index in [0.29, 0.717) is 6.42 Å². The Morgan fingerprint density at radius 3 is 2.25 bits per heavy atom. The Hall–Kier alpha value is -0.910. The predicted octanol–water partition coefficient (Wildman–Crippen LogP) is 2.98. The first-order chi connectivity index (χ1) is 5.41. The van der Waals surface area contributed by atoms with Crippen molar-refractivity contribution in [1.29, 1.82) is 10.8 Å². The van der Waals surface area contributed by atoms with Gasteiger partial charge >= 0.3 is 0 Å². The lowest BCUT2D eigenvalue weighted by Gasteiger charge is -2.26. The molecule has 0 saturated heterocycles. The highest BCUT2D eigenvalue weighted by atomic mass is 15.0. The summed E-state index contributed by atoms with van der Waals surface area (Å²) < 4.78 is 0. The van der Waals surface area contributed by atoms with E-state index in [9.17, 15) is 0 Å². The van der Waals surface area contributed by atoms with Gasteiger partial charge in [0.05, 0.1) is 12.1 Å². The molecule has 0 radical (unpaired) electrons. The molecule has 0 aliphatic carbocycles. The zero-order valence-corrected chi connectivity index (χ0v) is 8.26. The highest BCUT2D eigenvalue weighted by molar-refractivity contribution is 4.87. The first-order valence-corrected chi connectivity index (χ1v) is 4.18. The van der Waals surface area contributed by atoms with Gasteiger partial charge < -0.3 is 0 Å². The van der Waals surface area contributed by atoms with Crippen molar-refractivity contribution in [1.82, 2.24) is 0 Å². The van der Waals surface area contributed by atoms with Crippen molar-refractivity contribution in [3.8, 4) is 6.07 Å². The van der Waals surface area contributed by atoms with E-state index in [1.165, 1.54) is 0 Å². The largest absolute Gasteiger partial charge is 0.210 e. The molecule has 0 aliphatic rings. The van der Waals surface area contributed by atoms with E-state index in [1.807, 2.05) is 27.7 Å². The van der Waals surface area contributed by atoms with E-state index in [4.69, 9.17) is 10.8 Å². The van der Waals surface area contributed by atoms with Crippen LogP contribution in [0, 0.1) is 28.2 Å². The summed E-state index contributed by atoms with van der Waals surface area (Å²) in [5.41, 5.74) is 6.99. The molecular weight excluding hydrogens is 150 g/mol. The number of hydrogen-bond donors (Lipinski definition) is 1. The lowest BCUT2D eigenvalue weighted by molar-refractivity contribution is 0.280. The van der Waals surface area contributed by atoms with Gasteiger partial charge in [0.15, 0.2) is 0 Å². The number of rotatable bonds is 3. The molecule has 3 heteroatoms. The van der Waals surface area contributed by atoms with Crippen LogP contribution in [0.3, 0.4) is 0 Å². The summed E-state index contributed by atoms with van der Waals surface area (Å²) in [7, 11) is 0. The summed E-state index contributed by atoms with van der Waals surface area (Å²) in [6.07, 6.45) is 0.684. The Morgan fingerprint density at radius 2 is 2.00 bits per heavy atom. The van der Waals surface area contributed by atoms with E-state index in [-0.39, 0.29) is 17.4 Å². The van der Waals surface area contributed by atoms with E-state index in [1.54, 1.807) is 0 Å². The normalized spacial score (nSPS) is 16.2. The maximum Gasteiger partial charge on any atom is 0.0766 e. The lowest BCUT2D eigenvalue weighted by Crippen LogP contribution is -2.25. The summed E-state index contributed by atoms with van der Waals surface area (Å²) in [5.74, 6) is -0.0108. The van der Waals surface area contributed by atoms with Gasteiger partial charge in [-0.05, 0) is 18.8 Å². The predicted molar refractivity (Wildman–Crippen MR) is 47.8 cm³/mol. The Balaban J connectivity index is 4.21. The van der Waals surface area contributed by atoms with Crippen LogP contribution in [0.1, 0.15) is 34.1 Å². The molecule has 2 unspecified atom stereocenters. The van der Waals surface area contributed by atoms with E-state index < -0.39 is 0 Å². The minimum atomic E-state index is -0.0350. The van der Waals surface area contributed by atoms with Crippen LogP contribution in [-0.2, 0) is 0 Å². The first-order valence-electron chi connectivity index (χ1n) is 4.18. The van der Waals surface area contributed by atoms with Gasteiger partial charge in [-0.25, -0.2) is 5.53 Å². The van der Waals surface area contributed by atoms with Crippen LogP contribution in [0.5, 0.6) is 0 Å². The molecule has 1 N–H and O–H groups in total. The summed E-state index contributed by atoms with van der Waals surface area (Å²) in [6, 6.07) is 2.12. The SMILES string of the molecule is CC(C#N)CC(N=N)C(C)(C)C. The second kappa shape index (κ2) is 4.20. The molecule has 0 rings (SSSR count). The van der Waals surface area contributed by atoms with Gasteiger partial charge in [0.1, 0.15) is 0 Å². The maximum absolute atomic E-state index is 8.59. The summed E-state index contributed by atoms with van der Waals surface area (Å²) in [5, 5.41) is 12.1. The summed E-state index contributed by atoms with van der Waals surface area (Å²) in [4.78, 5) is 0. The molecule has 3 nitrogen and oxygen atoms in total. The molecule has 0 bridgehead atoms. The Morgan fingerprint density at radius 1 is 1.50 bits per heavy atom. The fraction of sp³-hybridized carbons (Fsp3) is 0.889. The monoisotopic (exact) mass is 167 g/mol. The first kappa shape index (κ1) is 11.1. The molecule has 0 spiro atoms. The van der Waals surface area contributed by atoms with Crippen LogP contribution >= 0.6 is 0 Å². The maximum atomic E-state index is 8.59.